The third-order valence-corrected chi connectivity index (χ3v) is 5.27. The minimum absolute atomic E-state index is 0.250. The Morgan fingerprint density at radius 3 is 2.67 bits per heavy atom. The lowest BCUT2D eigenvalue weighted by molar-refractivity contribution is -0.133. The molecule has 4 nitrogen and oxygen atoms in total. The van der Waals surface area contributed by atoms with Crippen LogP contribution in [0.1, 0.15) is 32.3 Å². The van der Waals surface area contributed by atoms with Gasteiger partial charge >= 0.3 is 5.97 Å². The largest absolute Gasteiger partial charge is 0.465 e. The van der Waals surface area contributed by atoms with Crippen molar-refractivity contribution in [2.45, 2.75) is 32.7 Å². The van der Waals surface area contributed by atoms with Gasteiger partial charge in [0.1, 0.15) is 0 Å². The van der Waals surface area contributed by atoms with Gasteiger partial charge in [-0.1, -0.05) is 33.6 Å². The third-order valence-electron chi connectivity index (χ3n) is 4.38. The number of nitrogens with one attached hydrogen (secondary N) is 1. The van der Waals surface area contributed by atoms with Crippen molar-refractivity contribution in [2.75, 3.05) is 20.3 Å². The third kappa shape index (κ3) is 4.74. The summed E-state index contributed by atoms with van der Waals surface area (Å²) < 4.78 is 11.2. The Balaban J connectivity index is 2.30. The molecule has 1 aliphatic rings. The van der Waals surface area contributed by atoms with Gasteiger partial charge in [0.15, 0.2) is 0 Å². The number of hydrogen-bond acceptors (Lipinski definition) is 4. The van der Waals surface area contributed by atoms with Gasteiger partial charge in [0, 0.05) is 40.0 Å². The van der Waals surface area contributed by atoms with E-state index in [1.807, 2.05) is 13.0 Å². The van der Waals surface area contributed by atoms with Gasteiger partial charge in [-0.2, -0.15) is 0 Å². The second-order valence-corrected chi connectivity index (χ2v) is 7.29. The van der Waals surface area contributed by atoms with Crippen LogP contribution in [-0.4, -0.2) is 32.3 Å². The van der Waals surface area contributed by atoms with Crippen LogP contribution in [0.15, 0.2) is 28.4 Å². The number of ether oxygens (including phenoxy) is 2. The Bertz CT molecular complexity index is 627. The van der Waals surface area contributed by atoms with Gasteiger partial charge in [-0.05, 0) is 44.7 Å². The monoisotopic (exact) mass is 415 g/mol. The highest BCUT2D eigenvalue weighted by Crippen LogP contribution is 2.30. The average molecular weight is 417 g/mol. The Kier molecular flexibility index (Phi) is 7.14. The lowest BCUT2D eigenvalue weighted by Gasteiger charge is -2.30. The summed E-state index contributed by atoms with van der Waals surface area (Å²) in [4.78, 5) is 12.4. The molecule has 1 aromatic carbocycles. The van der Waals surface area contributed by atoms with Gasteiger partial charge in [0.2, 0.25) is 0 Å². The maximum Gasteiger partial charge on any atom is 0.340 e. The fraction of sp³-hybridized carbons (Fsp3) is 0.500. The van der Waals surface area contributed by atoms with Crippen molar-refractivity contribution in [1.82, 2.24) is 5.32 Å². The molecule has 0 radical (unpaired) electrons. The van der Waals surface area contributed by atoms with Crippen LogP contribution in [0.25, 0.3) is 5.57 Å². The summed E-state index contributed by atoms with van der Waals surface area (Å²) in [6, 6.07) is 5.61. The highest BCUT2D eigenvalue weighted by Gasteiger charge is 2.24. The van der Waals surface area contributed by atoms with Crippen LogP contribution in [0.5, 0.6) is 0 Å². The predicted octanol–water partition coefficient (Wildman–Crippen LogP) is 4.41. The lowest BCUT2D eigenvalue weighted by atomic mass is 9.92. The standard InChI is InChI=1S/C18H23BrClNO3/c1-11(13-6-8-24-9-7-13)21-12(2)17(18(22)23-3)15-5-4-14(20)10-16(15)19/h4-5,10-11,13,21H,6-9H2,1-3H3/b17-12-. The summed E-state index contributed by atoms with van der Waals surface area (Å²) in [5.74, 6) is 0.156. The molecule has 0 bridgehead atoms. The summed E-state index contributed by atoms with van der Waals surface area (Å²) in [5, 5.41) is 4.08. The molecular weight excluding hydrogens is 394 g/mol. The van der Waals surface area contributed by atoms with Crippen molar-refractivity contribution in [3.05, 3.63) is 39.0 Å². The van der Waals surface area contributed by atoms with E-state index in [0.717, 1.165) is 41.8 Å². The number of carbonyl (C=O) groups excluding carboxylic acids is 1. The van der Waals surface area contributed by atoms with E-state index >= 15 is 0 Å². The molecule has 1 atom stereocenters. The van der Waals surface area contributed by atoms with Crippen molar-refractivity contribution in [3.63, 3.8) is 0 Å². The highest BCUT2D eigenvalue weighted by atomic mass is 79.9. The summed E-state index contributed by atoms with van der Waals surface area (Å²) in [6.07, 6.45) is 2.05. The summed E-state index contributed by atoms with van der Waals surface area (Å²) in [6.45, 7) is 5.65. The molecule has 24 heavy (non-hydrogen) atoms. The normalized spacial score (nSPS) is 17.9. The van der Waals surface area contributed by atoms with Gasteiger partial charge < -0.3 is 14.8 Å². The maximum absolute atomic E-state index is 12.4. The molecule has 1 unspecified atom stereocenters. The second kappa shape index (κ2) is 8.88. The Morgan fingerprint density at radius 1 is 1.42 bits per heavy atom. The van der Waals surface area contributed by atoms with E-state index in [-0.39, 0.29) is 12.0 Å². The van der Waals surface area contributed by atoms with Crippen LogP contribution in [0, 0.1) is 5.92 Å². The van der Waals surface area contributed by atoms with Crippen LogP contribution in [0.4, 0.5) is 0 Å². The van der Waals surface area contributed by atoms with Crippen molar-refractivity contribution >= 4 is 39.1 Å². The van der Waals surface area contributed by atoms with Crippen LogP contribution in [0.3, 0.4) is 0 Å². The first kappa shape index (κ1) is 19.3. The number of allylic oxidation sites excluding steroid dienone is 1. The molecular formula is C18H23BrClNO3. The van der Waals surface area contributed by atoms with Crippen LogP contribution in [0.2, 0.25) is 5.02 Å². The first-order valence-corrected chi connectivity index (χ1v) is 9.20. The number of rotatable bonds is 5. The van der Waals surface area contributed by atoms with E-state index in [9.17, 15) is 4.79 Å². The van der Waals surface area contributed by atoms with Crippen LogP contribution < -0.4 is 5.32 Å². The molecule has 1 aliphatic heterocycles. The number of carbonyl (C=O) groups is 1. The molecule has 0 saturated carbocycles. The van der Waals surface area contributed by atoms with Crippen LogP contribution in [-0.2, 0) is 14.3 Å². The zero-order valence-electron chi connectivity index (χ0n) is 14.2. The topological polar surface area (TPSA) is 47.6 Å². The number of methoxy groups -OCH3 is 1. The SMILES string of the molecule is COC(=O)/C(=C(/C)NC(C)C1CCOCC1)c1ccc(Cl)cc1Br. The van der Waals surface area contributed by atoms with Crippen molar-refractivity contribution in [1.29, 1.82) is 0 Å². The van der Waals surface area contributed by atoms with E-state index in [1.54, 1.807) is 12.1 Å². The van der Waals surface area contributed by atoms with E-state index in [1.165, 1.54) is 7.11 Å². The number of benzene rings is 1. The molecule has 1 fully saturated rings. The molecule has 1 heterocycles. The Labute approximate surface area is 156 Å². The van der Waals surface area contributed by atoms with Crippen LogP contribution >= 0.6 is 27.5 Å². The quantitative estimate of drug-likeness (QED) is 0.570. The molecule has 0 amide bonds. The van der Waals surface area contributed by atoms with Gasteiger partial charge in [0.05, 0.1) is 12.7 Å². The van der Waals surface area contributed by atoms with Gasteiger partial charge in [-0.25, -0.2) is 4.79 Å². The maximum atomic E-state index is 12.4. The Morgan fingerprint density at radius 2 is 2.08 bits per heavy atom. The minimum Gasteiger partial charge on any atom is -0.465 e. The predicted molar refractivity (Wildman–Crippen MR) is 99.9 cm³/mol. The number of esters is 1. The summed E-state index contributed by atoms with van der Waals surface area (Å²) >= 11 is 9.50. The number of hydrogen-bond donors (Lipinski definition) is 1. The van der Waals surface area contributed by atoms with Crippen molar-refractivity contribution in [2.24, 2.45) is 5.92 Å². The number of halogens is 2. The molecule has 1 aromatic rings. The highest BCUT2D eigenvalue weighted by molar-refractivity contribution is 9.10. The molecule has 0 spiro atoms. The molecule has 0 aliphatic carbocycles. The van der Waals surface area contributed by atoms with E-state index < -0.39 is 0 Å². The molecule has 1 N–H and O–H groups in total. The molecule has 132 valence electrons. The van der Waals surface area contributed by atoms with Crippen molar-refractivity contribution in [3.8, 4) is 0 Å². The molecule has 6 heteroatoms. The van der Waals surface area contributed by atoms with E-state index in [4.69, 9.17) is 21.1 Å². The van der Waals surface area contributed by atoms with E-state index in [0.29, 0.717) is 16.5 Å². The summed E-state index contributed by atoms with van der Waals surface area (Å²) in [5.41, 5.74) is 2.07. The Hall–Kier alpha value is -1.04. The fourth-order valence-electron chi connectivity index (χ4n) is 3.01. The average Bonchev–Trinajstić information content (AvgIpc) is 2.57. The minimum atomic E-state index is -0.373. The lowest BCUT2D eigenvalue weighted by Crippen LogP contribution is -2.36. The first-order valence-electron chi connectivity index (χ1n) is 8.03. The zero-order chi connectivity index (χ0) is 17.7. The molecule has 1 saturated heterocycles. The fourth-order valence-corrected chi connectivity index (χ4v) is 3.89. The van der Waals surface area contributed by atoms with Gasteiger partial charge in [0.25, 0.3) is 0 Å². The van der Waals surface area contributed by atoms with Gasteiger partial charge in [-0.15, -0.1) is 0 Å². The van der Waals surface area contributed by atoms with Gasteiger partial charge in [-0.3, -0.25) is 0 Å². The smallest absolute Gasteiger partial charge is 0.340 e. The first-order chi connectivity index (χ1) is 11.4. The van der Waals surface area contributed by atoms with E-state index in [2.05, 4.69) is 28.2 Å². The zero-order valence-corrected chi connectivity index (χ0v) is 16.5. The van der Waals surface area contributed by atoms with Crippen molar-refractivity contribution < 1.29 is 14.3 Å². The molecule has 2 rings (SSSR count). The molecule has 0 aromatic heterocycles. The summed E-state index contributed by atoms with van der Waals surface area (Å²) in [7, 11) is 1.39. The second-order valence-electron chi connectivity index (χ2n) is 6.00.